The minimum absolute atomic E-state index is 0.0654. The van der Waals surface area contributed by atoms with Gasteiger partial charge in [0.15, 0.2) is 0 Å². The summed E-state index contributed by atoms with van der Waals surface area (Å²) in [5, 5.41) is 6.28. The van der Waals surface area contributed by atoms with E-state index < -0.39 is 0 Å². The Morgan fingerprint density at radius 2 is 1.78 bits per heavy atom. The molecule has 1 aliphatic heterocycles. The largest absolute Gasteiger partial charge is 0.489 e. The van der Waals surface area contributed by atoms with Crippen LogP contribution in [0.1, 0.15) is 30.4 Å². The first-order valence-corrected chi connectivity index (χ1v) is 9.52. The number of rotatable bonds is 8. The molecule has 1 aliphatic rings. The Morgan fingerprint density at radius 1 is 1.07 bits per heavy atom. The molecule has 5 heteroatoms. The van der Waals surface area contributed by atoms with Gasteiger partial charge >= 0.3 is 0 Å². The number of benzene rings is 2. The second kappa shape index (κ2) is 9.53. The molecule has 5 nitrogen and oxygen atoms in total. The van der Waals surface area contributed by atoms with Gasteiger partial charge in [0.05, 0.1) is 5.54 Å². The van der Waals surface area contributed by atoms with Crippen LogP contribution in [0.25, 0.3) is 0 Å². The van der Waals surface area contributed by atoms with Gasteiger partial charge in [0.25, 0.3) is 0 Å². The van der Waals surface area contributed by atoms with Crippen LogP contribution in [0.5, 0.6) is 5.75 Å². The van der Waals surface area contributed by atoms with Gasteiger partial charge in [-0.15, -0.1) is 0 Å². The molecular formula is C22H28N2O3. The second-order valence-electron chi connectivity index (χ2n) is 6.89. The molecule has 2 N–H and O–H groups in total. The Morgan fingerprint density at radius 3 is 2.44 bits per heavy atom. The average molecular weight is 368 g/mol. The molecule has 1 amide bonds. The van der Waals surface area contributed by atoms with Crippen LogP contribution in [-0.2, 0) is 21.7 Å². The maximum absolute atomic E-state index is 12.4. The molecule has 0 spiro atoms. The first-order valence-electron chi connectivity index (χ1n) is 9.52. The van der Waals surface area contributed by atoms with E-state index in [0.717, 1.165) is 29.7 Å². The number of nitrogens with one attached hydrogen (secondary N) is 2. The molecular weight excluding hydrogens is 340 g/mol. The van der Waals surface area contributed by atoms with Gasteiger partial charge in [-0.1, -0.05) is 42.5 Å². The van der Waals surface area contributed by atoms with Gasteiger partial charge in [-0.2, -0.15) is 0 Å². The van der Waals surface area contributed by atoms with Crippen LogP contribution in [-0.4, -0.2) is 32.7 Å². The third-order valence-electron chi connectivity index (χ3n) is 4.98. The van der Waals surface area contributed by atoms with E-state index in [1.807, 2.05) is 49.5 Å². The molecule has 0 bridgehead atoms. The SMILES string of the molecule is CNCCC(=O)NC1(c2ccc(OCc3ccccc3)cc2)CCOCC1. The van der Waals surface area contributed by atoms with E-state index in [1.165, 1.54) is 0 Å². The quantitative estimate of drug-likeness (QED) is 0.752. The summed E-state index contributed by atoms with van der Waals surface area (Å²) in [6, 6.07) is 18.2. The van der Waals surface area contributed by atoms with Crippen molar-refractivity contribution in [1.82, 2.24) is 10.6 Å². The third kappa shape index (κ3) is 5.31. The minimum Gasteiger partial charge on any atom is -0.489 e. The summed E-state index contributed by atoms with van der Waals surface area (Å²) >= 11 is 0. The fraction of sp³-hybridized carbons (Fsp3) is 0.409. The Bertz CT molecular complexity index is 710. The van der Waals surface area contributed by atoms with Gasteiger partial charge < -0.3 is 20.1 Å². The highest BCUT2D eigenvalue weighted by Crippen LogP contribution is 2.33. The summed E-state index contributed by atoms with van der Waals surface area (Å²) in [6.45, 7) is 2.52. The summed E-state index contributed by atoms with van der Waals surface area (Å²) in [5.41, 5.74) is 1.89. The molecule has 1 heterocycles. The van der Waals surface area contributed by atoms with Gasteiger partial charge in [-0.25, -0.2) is 0 Å². The van der Waals surface area contributed by atoms with Crippen LogP contribution in [0.15, 0.2) is 54.6 Å². The van der Waals surface area contributed by atoms with E-state index in [9.17, 15) is 4.79 Å². The third-order valence-corrected chi connectivity index (χ3v) is 4.98. The number of hydrogen-bond acceptors (Lipinski definition) is 4. The molecule has 3 rings (SSSR count). The van der Waals surface area contributed by atoms with Crippen LogP contribution >= 0.6 is 0 Å². The standard InChI is InChI=1S/C22H28N2O3/c1-23-14-11-21(25)24-22(12-15-26-16-13-22)19-7-9-20(10-8-19)27-17-18-5-3-2-4-6-18/h2-10,23H,11-17H2,1H3,(H,24,25). The van der Waals surface area contributed by atoms with Crippen LogP contribution in [0.2, 0.25) is 0 Å². The topological polar surface area (TPSA) is 59.6 Å². The van der Waals surface area contributed by atoms with Crippen molar-refractivity contribution in [2.24, 2.45) is 0 Å². The molecule has 1 saturated heterocycles. The van der Waals surface area contributed by atoms with E-state index in [1.54, 1.807) is 0 Å². The summed E-state index contributed by atoms with van der Waals surface area (Å²) in [4.78, 5) is 12.4. The predicted octanol–water partition coefficient (Wildman–Crippen LogP) is 3.00. The van der Waals surface area contributed by atoms with E-state index in [0.29, 0.717) is 32.8 Å². The van der Waals surface area contributed by atoms with Crippen LogP contribution in [0.4, 0.5) is 0 Å². The number of amides is 1. The molecule has 0 atom stereocenters. The van der Waals surface area contributed by atoms with Crippen molar-refractivity contribution in [3.8, 4) is 5.75 Å². The molecule has 0 radical (unpaired) electrons. The molecule has 0 aromatic heterocycles. The van der Waals surface area contributed by atoms with Crippen molar-refractivity contribution in [3.05, 3.63) is 65.7 Å². The first-order chi connectivity index (χ1) is 13.2. The van der Waals surface area contributed by atoms with E-state index in [-0.39, 0.29) is 11.4 Å². The zero-order valence-electron chi connectivity index (χ0n) is 15.9. The van der Waals surface area contributed by atoms with Crippen LogP contribution in [0, 0.1) is 0 Å². The van der Waals surface area contributed by atoms with Crippen molar-refractivity contribution in [1.29, 1.82) is 0 Å². The second-order valence-corrected chi connectivity index (χ2v) is 6.89. The number of ether oxygens (including phenoxy) is 2. The number of hydrogen-bond donors (Lipinski definition) is 2. The molecule has 0 unspecified atom stereocenters. The lowest BCUT2D eigenvalue weighted by Crippen LogP contribution is -2.49. The van der Waals surface area contributed by atoms with Gasteiger partial charge in [-0.05, 0) is 43.1 Å². The first kappa shape index (κ1) is 19.4. The Labute approximate surface area is 161 Å². The molecule has 0 saturated carbocycles. The summed E-state index contributed by atoms with van der Waals surface area (Å²) in [6.07, 6.45) is 2.03. The predicted molar refractivity (Wildman–Crippen MR) is 106 cm³/mol. The zero-order valence-corrected chi connectivity index (χ0v) is 15.9. The van der Waals surface area contributed by atoms with Crippen LogP contribution in [0.3, 0.4) is 0 Å². The van der Waals surface area contributed by atoms with Gasteiger partial charge in [0, 0.05) is 26.2 Å². The molecule has 1 fully saturated rings. The van der Waals surface area contributed by atoms with E-state index in [2.05, 4.69) is 22.8 Å². The monoisotopic (exact) mass is 368 g/mol. The molecule has 2 aromatic carbocycles. The lowest BCUT2D eigenvalue weighted by Gasteiger charge is -2.38. The van der Waals surface area contributed by atoms with Crippen molar-refractivity contribution < 1.29 is 14.3 Å². The van der Waals surface area contributed by atoms with Gasteiger partial charge in [0.1, 0.15) is 12.4 Å². The fourth-order valence-corrected chi connectivity index (χ4v) is 3.38. The Balaban J connectivity index is 1.68. The fourth-order valence-electron chi connectivity index (χ4n) is 3.38. The lowest BCUT2D eigenvalue weighted by atomic mass is 9.82. The minimum atomic E-state index is -0.360. The van der Waals surface area contributed by atoms with Gasteiger partial charge in [-0.3, -0.25) is 4.79 Å². The van der Waals surface area contributed by atoms with Crippen molar-refractivity contribution >= 4 is 5.91 Å². The summed E-state index contributed by atoms with van der Waals surface area (Å²) in [7, 11) is 1.85. The highest BCUT2D eigenvalue weighted by molar-refractivity contribution is 5.77. The highest BCUT2D eigenvalue weighted by Gasteiger charge is 2.35. The molecule has 0 aliphatic carbocycles. The summed E-state index contributed by atoms with van der Waals surface area (Å²) < 4.78 is 11.4. The van der Waals surface area contributed by atoms with E-state index >= 15 is 0 Å². The lowest BCUT2D eigenvalue weighted by molar-refractivity contribution is -0.124. The Kier molecular flexibility index (Phi) is 6.85. The van der Waals surface area contributed by atoms with Crippen molar-refractivity contribution in [3.63, 3.8) is 0 Å². The average Bonchev–Trinajstić information content (AvgIpc) is 2.72. The normalized spacial score (nSPS) is 15.9. The number of carbonyl (C=O) groups excluding carboxylic acids is 1. The Hall–Kier alpha value is -2.37. The maximum Gasteiger partial charge on any atom is 0.221 e. The zero-order chi connectivity index (χ0) is 19.0. The van der Waals surface area contributed by atoms with Crippen LogP contribution < -0.4 is 15.4 Å². The van der Waals surface area contributed by atoms with E-state index in [4.69, 9.17) is 9.47 Å². The summed E-state index contributed by atoms with van der Waals surface area (Å²) in [5.74, 6) is 0.891. The molecule has 144 valence electrons. The molecule has 27 heavy (non-hydrogen) atoms. The smallest absolute Gasteiger partial charge is 0.221 e. The van der Waals surface area contributed by atoms with Crippen molar-refractivity contribution in [2.75, 3.05) is 26.8 Å². The molecule has 2 aromatic rings. The maximum atomic E-state index is 12.4. The number of carbonyl (C=O) groups is 1. The van der Waals surface area contributed by atoms with Gasteiger partial charge in [0.2, 0.25) is 5.91 Å². The highest BCUT2D eigenvalue weighted by atomic mass is 16.5. The van der Waals surface area contributed by atoms with Crippen molar-refractivity contribution in [2.45, 2.75) is 31.4 Å².